The molecule has 3 aromatic rings. The monoisotopic (exact) mass is 440 g/mol. The zero-order valence-corrected chi connectivity index (χ0v) is 17.6. The number of sulfonamides is 1. The predicted octanol–water partition coefficient (Wildman–Crippen LogP) is 3.66. The van der Waals surface area contributed by atoms with Crippen molar-refractivity contribution in [3.63, 3.8) is 0 Å². The van der Waals surface area contributed by atoms with Gasteiger partial charge in [0.2, 0.25) is 0 Å². The van der Waals surface area contributed by atoms with Gasteiger partial charge in [0.1, 0.15) is 11.6 Å². The molecule has 2 atom stereocenters. The summed E-state index contributed by atoms with van der Waals surface area (Å²) in [5, 5.41) is 2.82. The van der Waals surface area contributed by atoms with Crippen molar-refractivity contribution < 1.29 is 22.3 Å². The Morgan fingerprint density at radius 2 is 1.68 bits per heavy atom. The largest absolute Gasteiger partial charge is 0.476 e. The van der Waals surface area contributed by atoms with Crippen LogP contribution < -0.4 is 14.4 Å². The van der Waals surface area contributed by atoms with Crippen molar-refractivity contribution in [2.24, 2.45) is 0 Å². The third-order valence-electron chi connectivity index (χ3n) is 5.09. The van der Waals surface area contributed by atoms with Crippen molar-refractivity contribution in [3.05, 3.63) is 90.2 Å². The molecule has 1 N–H and O–H groups in total. The Bertz CT molecular complexity index is 1180. The highest BCUT2D eigenvalue weighted by atomic mass is 32.2. The number of hydrogen-bond donors (Lipinski definition) is 1. The number of benzene rings is 3. The maximum absolute atomic E-state index is 13.3. The number of amides is 1. The fourth-order valence-electron chi connectivity index (χ4n) is 3.43. The van der Waals surface area contributed by atoms with Gasteiger partial charge in [0.25, 0.3) is 15.9 Å². The fraction of sp³-hybridized carbons (Fsp3) is 0.174. The van der Waals surface area contributed by atoms with Gasteiger partial charge < -0.3 is 10.1 Å². The number of carbonyl (C=O) groups is 1. The van der Waals surface area contributed by atoms with E-state index in [-0.39, 0.29) is 17.3 Å². The first-order chi connectivity index (χ1) is 14.9. The lowest BCUT2D eigenvalue weighted by Gasteiger charge is -2.35. The number of hydrogen-bond acceptors (Lipinski definition) is 4. The van der Waals surface area contributed by atoms with Crippen LogP contribution in [0.15, 0.2) is 83.8 Å². The summed E-state index contributed by atoms with van der Waals surface area (Å²) in [5.74, 6) is -0.515. The van der Waals surface area contributed by atoms with Crippen molar-refractivity contribution in [3.8, 4) is 5.75 Å². The number of fused-ring (bicyclic) bond motifs is 1. The molecule has 160 valence electrons. The standard InChI is InChI=1S/C23H21FN2O4S/c1-16(17-11-13-18(24)14-12-17)25-23(27)22-15-26(20-9-5-6-10-21(20)30-22)31(28,29)19-7-3-2-4-8-19/h2-14,16,22H,15H2,1H3,(H,25,27). The van der Waals surface area contributed by atoms with Gasteiger partial charge in [0.05, 0.1) is 23.2 Å². The molecule has 1 heterocycles. The summed E-state index contributed by atoms with van der Waals surface area (Å²) in [6.07, 6.45) is -1.05. The molecule has 1 aliphatic rings. The Morgan fingerprint density at radius 1 is 1.03 bits per heavy atom. The second-order valence-electron chi connectivity index (χ2n) is 7.21. The van der Waals surface area contributed by atoms with Gasteiger partial charge in [-0.1, -0.05) is 42.5 Å². The molecule has 0 fully saturated rings. The second kappa shape index (κ2) is 8.39. The zero-order chi connectivity index (χ0) is 22.0. The molecule has 0 radical (unpaired) electrons. The highest BCUT2D eigenvalue weighted by Crippen LogP contribution is 2.36. The minimum absolute atomic E-state index is 0.130. The fourth-order valence-corrected chi connectivity index (χ4v) is 4.92. The maximum Gasteiger partial charge on any atom is 0.264 e. The highest BCUT2D eigenvalue weighted by Gasteiger charge is 2.37. The van der Waals surface area contributed by atoms with E-state index >= 15 is 0 Å². The molecule has 8 heteroatoms. The number of anilines is 1. The summed E-state index contributed by atoms with van der Waals surface area (Å²) in [4.78, 5) is 13.1. The minimum atomic E-state index is -3.90. The second-order valence-corrected chi connectivity index (χ2v) is 9.07. The first-order valence-electron chi connectivity index (χ1n) is 9.75. The quantitative estimate of drug-likeness (QED) is 0.657. The molecule has 2 unspecified atom stereocenters. The van der Waals surface area contributed by atoms with Crippen molar-refractivity contribution in [2.75, 3.05) is 10.8 Å². The van der Waals surface area contributed by atoms with Gasteiger partial charge in [-0.3, -0.25) is 9.10 Å². The summed E-state index contributed by atoms with van der Waals surface area (Å²) < 4.78 is 46.8. The van der Waals surface area contributed by atoms with Gasteiger partial charge in [-0.05, 0) is 48.9 Å². The molecule has 0 spiro atoms. The van der Waals surface area contributed by atoms with Crippen molar-refractivity contribution in [1.29, 1.82) is 0 Å². The van der Waals surface area contributed by atoms with Gasteiger partial charge in [-0.2, -0.15) is 0 Å². The number of halogens is 1. The summed E-state index contributed by atoms with van der Waals surface area (Å²) in [6.45, 7) is 1.59. The molecular formula is C23H21FN2O4S. The molecular weight excluding hydrogens is 419 g/mol. The van der Waals surface area contributed by atoms with Crippen molar-refractivity contribution >= 4 is 21.6 Å². The number of para-hydroxylation sites is 2. The van der Waals surface area contributed by atoms with Crippen molar-refractivity contribution in [2.45, 2.75) is 24.0 Å². The van der Waals surface area contributed by atoms with E-state index in [9.17, 15) is 17.6 Å². The van der Waals surface area contributed by atoms with Crippen LogP contribution in [0.5, 0.6) is 5.75 Å². The van der Waals surface area contributed by atoms with Crippen LogP contribution in [0.1, 0.15) is 18.5 Å². The van der Waals surface area contributed by atoms with Crippen LogP contribution in [0, 0.1) is 5.82 Å². The SMILES string of the molecule is CC(NC(=O)C1CN(S(=O)(=O)c2ccccc2)c2ccccc2O1)c1ccc(F)cc1. The van der Waals surface area contributed by atoms with E-state index < -0.39 is 28.1 Å². The van der Waals surface area contributed by atoms with Crippen LogP contribution in [0.25, 0.3) is 0 Å². The van der Waals surface area contributed by atoms with E-state index in [0.29, 0.717) is 11.4 Å². The van der Waals surface area contributed by atoms with Crippen LogP contribution in [-0.2, 0) is 14.8 Å². The van der Waals surface area contributed by atoms with Gasteiger partial charge >= 0.3 is 0 Å². The molecule has 6 nitrogen and oxygen atoms in total. The number of nitrogens with one attached hydrogen (secondary N) is 1. The lowest BCUT2D eigenvalue weighted by Crippen LogP contribution is -2.51. The topological polar surface area (TPSA) is 75.7 Å². The third kappa shape index (κ3) is 4.25. The van der Waals surface area contributed by atoms with Crippen LogP contribution in [0.4, 0.5) is 10.1 Å². The molecule has 1 aliphatic heterocycles. The molecule has 0 aliphatic carbocycles. The van der Waals surface area contributed by atoms with E-state index in [4.69, 9.17) is 4.74 Å². The molecule has 0 saturated carbocycles. The van der Waals surface area contributed by atoms with E-state index in [1.807, 2.05) is 0 Å². The van der Waals surface area contributed by atoms with Crippen molar-refractivity contribution in [1.82, 2.24) is 5.32 Å². The van der Waals surface area contributed by atoms with Gasteiger partial charge in [-0.25, -0.2) is 12.8 Å². The predicted molar refractivity (Wildman–Crippen MR) is 115 cm³/mol. The van der Waals surface area contributed by atoms with Crippen LogP contribution >= 0.6 is 0 Å². The first-order valence-corrected chi connectivity index (χ1v) is 11.2. The molecule has 3 aromatic carbocycles. The third-order valence-corrected chi connectivity index (χ3v) is 6.88. The summed E-state index contributed by atoms with van der Waals surface area (Å²) >= 11 is 0. The summed E-state index contributed by atoms with van der Waals surface area (Å²) in [6, 6.07) is 20.2. The minimum Gasteiger partial charge on any atom is -0.476 e. The highest BCUT2D eigenvalue weighted by molar-refractivity contribution is 7.92. The average molecular weight is 440 g/mol. The van der Waals surface area contributed by atoms with Gasteiger partial charge in [0, 0.05) is 0 Å². The number of carbonyl (C=O) groups excluding carboxylic acids is 1. The molecule has 0 aromatic heterocycles. The molecule has 0 saturated heterocycles. The van der Waals surface area contributed by atoms with Crippen LogP contribution in [-0.4, -0.2) is 27.0 Å². The number of ether oxygens (including phenoxy) is 1. The normalized spacial score (nSPS) is 16.7. The van der Waals surface area contributed by atoms with E-state index in [1.54, 1.807) is 61.5 Å². The maximum atomic E-state index is 13.3. The Balaban J connectivity index is 1.60. The summed E-state index contributed by atoms with van der Waals surface area (Å²) in [7, 11) is -3.90. The Labute approximate surface area is 180 Å². The number of rotatable bonds is 5. The van der Waals surface area contributed by atoms with Crippen LogP contribution in [0.2, 0.25) is 0 Å². The molecule has 1 amide bonds. The first kappa shape index (κ1) is 20.9. The lowest BCUT2D eigenvalue weighted by atomic mass is 10.1. The zero-order valence-electron chi connectivity index (χ0n) is 16.7. The van der Waals surface area contributed by atoms with Gasteiger partial charge in [-0.15, -0.1) is 0 Å². The molecule has 31 heavy (non-hydrogen) atoms. The number of nitrogens with zero attached hydrogens (tertiary/aromatic N) is 1. The molecule has 0 bridgehead atoms. The van der Waals surface area contributed by atoms with E-state index in [2.05, 4.69) is 5.32 Å². The average Bonchev–Trinajstić information content (AvgIpc) is 2.79. The Hall–Kier alpha value is -3.39. The van der Waals surface area contributed by atoms with Gasteiger partial charge in [0.15, 0.2) is 6.10 Å². The smallest absolute Gasteiger partial charge is 0.264 e. The lowest BCUT2D eigenvalue weighted by molar-refractivity contribution is -0.128. The van der Waals surface area contributed by atoms with Crippen LogP contribution in [0.3, 0.4) is 0 Å². The molecule has 4 rings (SSSR count). The summed E-state index contributed by atoms with van der Waals surface area (Å²) in [5.41, 5.74) is 1.10. The Kier molecular flexibility index (Phi) is 5.65. The Morgan fingerprint density at radius 3 is 2.39 bits per heavy atom. The van der Waals surface area contributed by atoms with E-state index in [1.165, 1.54) is 28.6 Å². The van der Waals surface area contributed by atoms with E-state index in [0.717, 1.165) is 5.56 Å².